The third-order valence-corrected chi connectivity index (χ3v) is 4.92. The molecule has 0 saturated carbocycles. The number of aliphatic imine (C=N–C) groups is 1. The Morgan fingerprint density at radius 3 is 3.05 bits per heavy atom. The largest absolute Gasteiger partial charge is 0.379 e. The topological polar surface area (TPSA) is 47.6 Å². The molecule has 0 aliphatic carbocycles. The molecule has 1 aromatic carbocycles. The van der Waals surface area contributed by atoms with Crippen LogP contribution in [0.25, 0.3) is 0 Å². The summed E-state index contributed by atoms with van der Waals surface area (Å²) >= 11 is 1.55. The zero-order chi connectivity index (χ0) is 13.5. The fraction of sp³-hybridized carbons (Fsp3) is 0.500. The summed E-state index contributed by atoms with van der Waals surface area (Å²) in [5, 5.41) is 0.526. The van der Waals surface area contributed by atoms with Gasteiger partial charge in [0, 0.05) is 17.2 Å². The Morgan fingerprint density at radius 2 is 2.26 bits per heavy atom. The van der Waals surface area contributed by atoms with E-state index in [0.29, 0.717) is 17.3 Å². The van der Waals surface area contributed by atoms with Gasteiger partial charge in [0.25, 0.3) is 0 Å². The summed E-state index contributed by atoms with van der Waals surface area (Å²) in [6.45, 7) is 2.46. The van der Waals surface area contributed by atoms with Gasteiger partial charge in [-0.05, 0) is 19.4 Å². The fourth-order valence-corrected chi connectivity index (χ4v) is 3.98. The van der Waals surface area contributed by atoms with Crippen molar-refractivity contribution in [3.8, 4) is 0 Å². The first-order valence-electron chi connectivity index (χ1n) is 6.46. The summed E-state index contributed by atoms with van der Waals surface area (Å²) in [4.78, 5) is 4.59. The minimum Gasteiger partial charge on any atom is -0.379 e. The molecule has 0 aromatic heterocycles. The standard InChI is InChI=1S/C14H17FN2OS/c1-9-6-10-7-19-13(16)17-14(10,8-18-9)11-4-2-3-5-12(11)15/h2-5,9-10H,6-8H2,1H3,(H2,16,17)/t9-,10-,14-/m0/s1. The Kier molecular flexibility index (Phi) is 3.27. The van der Waals surface area contributed by atoms with Crippen LogP contribution in [0.1, 0.15) is 18.9 Å². The molecule has 0 amide bonds. The van der Waals surface area contributed by atoms with Crippen LogP contribution in [-0.2, 0) is 10.3 Å². The molecule has 19 heavy (non-hydrogen) atoms. The van der Waals surface area contributed by atoms with Crippen LogP contribution >= 0.6 is 11.8 Å². The van der Waals surface area contributed by atoms with Crippen molar-refractivity contribution in [2.24, 2.45) is 16.6 Å². The van der Waals surface area contributed by atoms with Crippen LogP contribution in [0, 0.1) is 11.7 Å². The van der Waals surface area contributed by atoms with Crippen LogP contribution in [0.3, 0.4) is 0 Å². The van der Waals surface area contributed by atoms with E-state index < -0.39 is 5.54 Å². The first-order valence-corrected chi connectivity index (χ1v) is 7.45. The SMILES string of the molecule is C[C@H]1C[C@H]2CSC(N)=N[C@@]2(c2ccccc2F)CO1. The molecule has 0 spiro atoms. The maximum absolute atomic E-state index is 14.2. The zero-order valence-electron chi connectivity index (χ0n) is 10.8. The molecule has 102 valence electrons. The molecule has 0 radical (unpaired) electrons. The van der Waals surface area contributed by atoms with Gasteiger partial charge in [-0.25, -0.2) is 9.38 Å². The molecule has 3 nitrogen and oxygen atoms in total. The van der Waals surface area contributed by atoms with E-state index in [0.717, 1.165) is 12.2 Å². The molecule has 1 saturated heterocycles. The number of benzene rings is 1. The second-order valence-corrected chi connectivity index (χ2v) is 6.26. The summed E-state index contributed by atoms with van der Waals surface area (Å²) in [7, 11) is 0. The fourth-order valence-electron chi connectivity index (χ4n) is 2.97. The van der Waals surface area contributed by atoms with Crippen molar-refractivity contribution < 1.29 is 9.13 Å². The molecule has 1 aromatic rings. The van der Waals surface area contributed by atoms with E-state index in [1.165, 1.54) is 6.07 Å². The lowest BCUT2D eigenvalue weighted by Crippen LogP contribution is -2.49. The number of rotatable bonds is 1. The Bertz CT molecular complexity index is 522. The van der Waals surface area contributed by atoms with Crippen LogP contribution in [0.5, 0.6) is 0 Å². The van der Waals surface area contributed by atoms with E-state index in [4.69, 9.17) is 10.5 Å². The number of nitrogens with two attached hydrogens (primary N) is 1. The van der Waals surface area contributed by atoms with Crippen molar-refractivity contribution in [1.29, 1.82) is 0 Å². The van der Waals surface area contributed by atoms with Crippen LogP contribution in [0.2, 0.25) is 0 Å². The highest BCUT2D eigenvalue weighted by Crippen LogP contribution is 2.46. The Balaban J connectivity index is 2.11. The summed E-state index contributed by atoms with van der Waals surface area (Å²) in [5.41, 5.74) is 5.84. The summed E-state index contributed by atoms with van der Waals surface area (Å²) in [6, 6.07) is 6.82. The van der Waals surface area contributed by atoms with Crippen LogP contribution in [0.15, 0.2) is 29.3 Å². The molecule has 5 heteroatoms. The van der Waals surface area contributed by atoms with Gasteiger partial charge in [-0.15, -0.1) is 0 Å². The lowest BCUT2D eigenvalue weighted by molar-refractivity contribution is -0.0476. The van der Waals surface area contributed by atoms with Crippen molar-refractivity contribution in [3.63, 3.8) is 0 Å². The van der Waals surface area contributed by atoms with E-state index in [2.05, 4.69) is 11.9 Å². The predicted molar refractivity (Wildman–Crippen MR) is 75.7 cm³/mol. The number of nitrogens with zero attached hydrogens (tertiary/aromatic N) is 1. The van der Waals surface area contributed by atoms with Crippen LogP contribution < -0.4 is 5.73 Å². The number of halogens is 1. The average molecular weight is 280 g/mol. The third-order valence-electron chi connectivity index (χ3n) is 3.96. The molecular formula is C14H17FN2OS. The van der Waals surface area contributed by atoms with Crippen molar-refractivity contribution >= 4 is 16.9 Å². The monoisotopic (exact) mass is 280 g/mol. The number of hydrogen-bond donors (Lipinski definition) is 1. The first kappa shape index (κ1) is 12.9. The van der Waals surface area contributed by atoms with Gasteiger partial charge in [-0.2, -0.15) is 0 Å². The second kappa shape index (κ2) is 4.80. The average Bonchev–Trinajstić information content (AvgIpc) is 2.40. The Labute approximate surface area is 116 Å². The maximum Gasteiger partial charge on any atom is 0.154 e. The minimum absolute atomic E-state index is 0.194. The van der Waals surface area contributed by atoms with E-state index in [9.17, 15) is 4.39 Å². The molecule has 2 aliphatic rings. The molecule has 0 bridgehead atoms. The number of fused-ring (bicyclic) bond motifs is 1. The number of amidine groups is 1. The highest BCUT2D eigenvalue weighted by Gasteiger charge is 2.48. The summed E-state index contributed by atoms with van der Waals surface area (Å²) in [5.74, 6) is 0.914. The van der Waals surface area contributed by atoms with E-state index in [-0.39, 0.29) is 17.8 Å². The Morgan fingerprint density at radius 1 is 1.47 bits per heavy atom. The first-order chi connectivity index (χ1) is 9.12. The third kappa shape index (κ3) is 2.15. The highest BCUT2D eigenvalue weighted by molar-refractivity contribution is 8.13. The lowest BCUT2D eigenvalue weighted by atomic mass is 9.75. The lowest BCUT2D eigenvalue weighted by Gasteiger charge is -2.45. The number of hydrogen-bond acceptors (Lipinski definition) is 4. The summed E-state index contributed by atoms with van der Waals surface area (Å²) < 4.78 is 20.0. The molecular weight excluding hydrogens is 263 g/mol. The molecule has 1 fully saturated rings. The zero-order valence-corrected chi connectivity index (χ0v) is 11.6. The maximum atomic E-state index is 14.2. The quantitative estimate of drug-likeness (QED) is 0.860. The van der Waals surface area contributed by atoms with Gasteiger partial charge in [0.05, 0.1) is 12.7 Å². The van der Waals surface area contributed by atoms with Crippen molar-refractivity contribution in [2.45, 2.75) is 25.0 Å². The van der Waals surface area contributed by atoms with E-state index in [1.807, 2.05) is 6.07 Å². The molecule has 2 N–H and O–H groups in total. The smallest absolute Gasteiger partial charge is 0.154 e. The van der Waals surface area contributed by atoms with Crippen molar-refractivity contribution in [1.82, 2.24) is 0 Å². The van der Waals surface area contributed by atoms with Crippen molar-refractivity contribution in [2.75, 3.05) is 12.4 Å². The highest BCUT2D eigenvalue weighted by atomic mass is 32.2. The van der Waals surface area contributed by atoms with Gasteiger partial charge in [0.2, 0.25) is 0 Å². The van der Waals surface area contributed by atoms with Crippen LogP contribution in [-0.4, -0.2) is 23.6 Å². The molecule has 3 atom stereocenters. The second-order valence-electron chi connectivity index (χ2n) is 5.22. The van der Waals surface area contributed by atoms with E-state index >= 15 is 0 Å². The van der Waals surface area contributed by atoms with E-state index in [1.54, 1.807) is 23.9 Å². The number of thioether (sulfide) groups is 1. The normalized spacial score (nSPS) is 34.5. The molecule has 3 rings (SSSR count). The van der Waals surface area contributed by atoms with Gasteiger partial charge in [-0.3, -0.25) is 0 Å². The molecule has 2 aliphatic heterocycles. The van der Waals surface area contributed by atoms with Gasteiger partial charge in [0.1, 0.15) is 11.4 Å². The van der Waals surface area contributed by atoms with Crippen LogP contribution in [0.4, 0.5) is 4.39 Å². The molecule has 2 heterocycles. The predicted octanol–water partition coefficient (Wildman–Crippen LogP) is 2.51. The summed E-state index contributed by atoms with van der Waals surface area (Å²) in [6.07, 6.45) is 1.08. The van der Waals surface area contributed by atoms with Gasteiger partial charge < -0.3 is 10.5 Å². The van der Waals surface area contributed by atoms with Gasteiger partial charge in [-0.1, -0.05) is 30.0 Å². The molecule has 0 unspecified atom stereocenters. The minimum atomic E-state index is -0.646. The van der Waals surface area contributed by atoms with Crippen molar-refractivity contribution in [3.05, 3.63) is 35.6 Å². The Hall–Kier alpha value is -1.07. The number of ether oxygens (including phenoxy) is 1. The van der Waals surface area contributed by atoms with Gasteiger partial charge in [0.15, 0.2) is 5.17 Å². The van der Waals surface area contributed by atoms with Gasteiger partial charge >= 0.3 is 0 Å².